The fraction of sp³-hybridized carbons (Fsp3) is 0.0370. The first-order chi connectivity index (χ1) is 50.9. The van der Waals surface area contributed by atoms with E-state index in [-0.39, 0.29) is 47.6 Å². The van der Waals surface area contributed by atoms with Gasteiger partial charge in [0.15, 0.2) is 17.2 Å². The Bertz CT molecular complexity index is 6160. The van der Waals surface area contributed by atoms with E-state index in [0.717, 1.165) is 46.4 Å². The fourth-order valence-corrected chi connectivity index (χ4v) is 14.2. The van der Waals surface area contributed by atoms with Gasteiger partial charge in [0.2, 0.25) is 0 Å². The topological polar surface area (TPSA) is 271 Å². The Morgan fingerprint density at radius 2 is 0.714 bits per heavy atom. The van der Waals surface area contributed by atoms with Gasteiger partial charge >= 0.3 is 16.9 Å². The number of anilines is 1. The molecule has 0 saturated heterocycles. The minimum atomic E-state index is -0.801. The lowest BCUT2D eigenvalue weighted by atomic mass is 10.1. The van der Waals surface area contributed by atoms with E-state index in [2.05, 4.69) is 0 Å². The minimum Gasteiger partial charge on any atom is -0.505 e. The van der Waals surface area contributed by atoms with E-state index in [9.17, 15) is 48.5 Å². The molecule has 105 heavy (non-hydrogen) atoms. The predicted molar refractivity (Wildman–Crippen MR) is 406 cm³/mol. The van der Waals surface area contributed by atoms with Crippen LogP contribution in [0.5, 0.6) is 34.5 Å². The second kappa shape index (κ2) is 30.9. The van der Waals surface area contributed by atoms with Gasteiger partial charge in [-0.05, 0) is 144 Å². The number of nitrogens with two attached hydrogens (primary N) is 1. The monoisotopic (exact) mass is 1470 g/mol. The Morgan fingerprint density at radius 3 is 1.06 bits per heavy atom. The zero-order valence-electron chi connectivity index (χ0n) is 55.4. The van der Waals surface area contributed by atoms with E-state index in [1.54, 1.807) is 161 Å². The molecule has 0 spiro atoms. The highest BCUT2D eigenvalue weighted by Gasteiger charge is 2.27. The third-order valence-corrected chi connectivity index (χ3v) is 19.9. The zero-order valence-corrected chi connectivity index (χ0v) is 58.6. The Hall–Kier alpha value is -12.7. The number of hydrogen-bond acceptors (Lipinski definition) is 19. The summed E-state index contributed by atoms with van der Waals surface area (Å²) in [5.41, 5.74) is 7.80. The first-order valence-corrected chi connectivity index (χ1v) is 34.6. The number of pyridine rings is 3. The van der Waals surface area contributed by atoms with E-state index >= 15 is 0 Å². The Kier molecular flexibility index (Phi) is 20.8. The molecule has 15 rings (SSSR count). The summed E-state index contributed by atoms with van der Waals surface area (Å²) < 4.78 is 50.0. The van der Waals surface area contributed by atoms with Crippen molar-refractivity contribution < 1.29 is 47.2 Å². The largest absolute Gasteiger partial charge is 0.505 e. The van der Waals surface area contributed by atoms with Gasteiger partial charge in [0.25, 0.3) is 16.7 Å². The van der Waals surface area contributed by atoms with Crippen LogP contribution in [-0.2, 0) is 0 Å². The molecule has 0 unspecified atom stereocenters. The summed E-state index contributed by atoms with van der Waals surface area (Å²) >= 11 is 8.88. The summed E-state index contributed by atoms with van der Waals surface area (Å²) in [6.45, 7) is 0. The highest BCUT2D eigenvalue weighted by atomic mass is 35.5. The van der Waals surface area contributed by atoms with Crippen molar-refractivity contribution in [3.63, 3.8) is 0 Å². The number of rotatable bonds is 15. The molecule has 24 heteroatoms. The molecular weight excluding hydrogens is 1420 g/mol. The van der Waals surface area contributed by atoms with Crippen LogP contribution in [0.1, 0.15) is 0 Å². The normalized spacial score (nSPS) is 11.0. The van der Waals surface area contributed by atoms with Gasteiger partial charge in [-0.25, -0.2) is 18.8 Å². The van der Waals surface area contributed by atoms with Crippen molar-refractivity contribution in [2.24, 2.45) is 0 Å². The van der Waals surface area contributed by atoms with E-state index in [4.69, 9.17) is 44.8 Å². The lowest BCUT2D eigenvalue weighted by Crippen LogP contribution is -2.21. The zero-order chi connectivity index (χ0) is 73.6. The molecule has 0 saturated carbocycles. The molecule has 0 bridgehead atoms. The van der Waals surface area contributed by atoms with E-state index in [1.165, 1.54) is 38.0 Å². The summed E-state index contributed by atoms with van der Waals surface area (Å²) in [6.07, 6.45) is 0. The maximum Gasteiger partial charge on any atom is 0.354 e. The van der Waals surface area contributed by atoms with Gasteiger partial charge in [0, 0.05) is 60.7 Å². The average Bonchev–Trinajstić information content (AvgIpc) is 0.756. The van der Waals surface area contributed by atoms with Gasteiger partial charge in [0.1, 0.15) is 70.7 Å². The summed E-state index contributed by atoms with van der Waals surface area (Å²) in [5.74, 6) is 0.0901. The minimum absolute atomic E-state index is 0.00319. The predicted octanol–water partition coefficient (Wildman–Crippen LogP) is 16.8. The highest BCUT2D eigenvalue weighted by molar-refractivity contribution is 8.00. The number of hydrogen-bond donors (Lipinski definition) is 4. The van der Waals surface area contributed by atoms with Crippen molar-refractivity contribution in [1.29, 1.82) is 0 Å². The number of ether oxygens (including phenoxy) is 3. The third kappa shape index (κ3) is 14.7. The highest BCUT2D eigenvalue weighted by Crippen LogP contribution is 2.42. The number of fused-ring (bicyclic) bond motifs is 3. The quantitative estimate of drug-likeness (QED) is 0.0695. The van der Waals surface area contributed by atoms with Gasteiger partial charge in [-0.2, -0.15) is 0 Å². The smallest absolute Gasteiger partial charge is 0.354 e. The second-order valence-electron chi connectivity index (χ2n) is 22.9. The molecule has 0 aliphatic carbocycles. The summed E-state index contributed by atoms with van der Waals surface area (Å²) in [6, 6.07) is 72.5. The molecule has 6 heterocycles. The number of para-hydroxylation sites is 1. The number of aromatic hydroxyl groups is 3. The third-order valence-electron chi connectivity index (χ3n) is 16.4. The summed E-state index contributed by atoms with van der Waals surface area (Å²) in [5, 5.41) is 33.4. The summed E-state index contributed by atoms with van der Waals surface area (Å²) in [7, 11) is 4.67. The molecule has 0 aliphatic heterocycles. The maximum absolute atomic E-state index is 13.9. The fourth-order valence-electron chi connectivity index (χ4n) is 11.4. The van der Waals surface area contributed by atoms with Crippen LogP contribution in [0.2, 0.25) is 5.02 Å². The standard InChI is InChI=1S/C27H18ClNO5S.C27H18FNO5S.C27H20N2O5S/c1-33-19-12-10-18(11-13-19)29-21(16-6-3-2-4-7-16)15-22-23(26(29)31)24(30)25(27(32)34-22)35-20-9-5-8-17(28)14-20;1-33-19-11-9-18(10-12-19)29-21(16-5-3-2-4-6-16)15-22-23(26(29)31)24(30)25(27(32)34-22)35-20-13-7-17(28)8-14-20;1-33-18-13-11-17(12-14-18)29-20(16-7-3-2-4-8-16)15-21-23(26(29)31)24(30)25(27(32)34-21)35-22-10-6-5-9-19(22)28/h2*2-15,30H,1H3;2-15,30H,28H2,1H3. The van der Waals surface area contributed by atoms with Crippen LogP contribution in [0.15, 0.2) is 326 Å². The maximum atomic E-state index is 13.9. The van der Waals surface area contributed by atoms with Crippen LogP contribution < -0.4 is 53.5 Å². The van der Waals surface area contributed by atoms with Crippen molar-refractivity contribution in [2.45, 2.75) is 29.4 Å². The van der Waals surface area contributed by atoms with Crippen molar-refractivity contribution in [3.05, 3.63) is 328 Å². The van der Waals surface area contributed by atoms with Crippen LogP contribution in [0, 0.1) is 5.82 Å². The molecule has 0 amide bonds. The molecule has 15 aromatic rings. The van der Waals surface area contributed by atoms with Crippen LogP contribution in [0.25, 0.3) is 83.7 Å². The van der Waals surface area contributed by atoms with Crippen LogP contribution >= 0.6 is 46.9 Å². The van der Waals surface area contributed by atoms with E-state index in [1.807, 2.05) is 91.0 Å². The molecule has 522 valence electrons. The SMILES string of the molecule is COc1ccc(-n2c(-c3ccccc3)cc3oc(=O)c(Sc4ccc(F)cc4)c(O)c3c2=O)cc1.COc1ccc(-n2c(-c3ccccc3)cc3oc(=O)c(Sc4cccc(Cl)c4)c(O)c3c2=O)cc1.COc1ccc(-n2c(-c3ccccc3)cc3oc(=O)c(Sc4ccccc4N)c(O)c3c2=O)cc1. The molecule has 0 atom stereocenters. The molecule has 6 aromatic heterocycles. The first kappa shape index (κ1) is 70.8. The number of nitrogen functional groups attached to an aromatic ring is 1. The second-order valence-corrected chi connectivity index (χ2v) is 26.5. The molecule has 9 aromatic carbocycles. The molecule has 0 fully saturated rings. The van der Waals surface area contributed by atoms with Gasteiger partial charge in [-0.1, -0.05) is 156 Å². The van der Waals surface area contributed by atoms with Crippen molar-refractivity contribution in [2.75, 3.05) is 27.1 Å². The van der Waals surface area contributed by atoms with Gasteiger partial charge < -0.3 is 48.5 Å². The molecule has 0 aliphatic rings. The molecule has 19 nitrogen and oxygen atoms in total. The number of methoxy groups -OCH3 is 3. The van der Waals surface area contributed by atoms with Crippen LogP contribution in [-0.4, -0.2) is 50.4 Å². The molecular formula is C81H56ClFN4O15S3. The number of halogens is 2. The van der Waals surface area contributed by atoms with Gasteiger partial charge in [-0.3, -0.25) is 28.1 Å². The van der Waals surface area contributed by atoms with E-state index < -0.39 is 56.6 Å². The van der Waals surface area contributed by atoms with E-state index in [0.29, 0.717) is 82.4 Å². The van der Waals surface area contributed by atoms with Crippen LogP contribution in [0.3, 0.4) is 0 Å². The molecule has 5 N–H and O–H groups in total. The average molecular weight is 1480 g/mol. The number of benzene rings is 9. The number of aromatic nitrogens is 3. The van der Waals surface area contributed by atoms with Gasteiger partial charge in [0.05, 0.1) is 38.4 Å². The Balaban J connectivity index is 0.000000140. The van der Waals surface area contributed by atoms with Crippen LogP contribution in [0.4, 0.5) is 10.1 Å². The number of nitrogens with zero attached hydrogens (tertiary/aromatic N) is 3. The Labute approximate surface area is 612 Å². The summed E-state index contributed by atoms with van der Waals surface area (Å²) in [4.78, 5) is 81.3. The van der Waals surface area contributed by atoms with Crippen molar-refractivity contribution >= 4 is 85.5 Å². The Morgan fingerprint density at radius 1 is 0.381 bits per heavy atom. The van der Waals surface area contributed by atoms with Gasteiger partial charge in [-0.15, -0.1) is 0 Å². The van der Waals surface area contributed by atoms with Crippen molar-refractivity contribution in [1.82, 2.24) is 13.7 Å². The first-order valence-electron chi connectivity index (χ1n) is 31.8. The lowest BCUT2D eigenvalue weighted by molar-refractivity contribution is 0.414. The lowest BCUT2D eigenvalue weighted by Gasteiger charge is -2.16. The molecule has 0 radical (unpaired) electrons. The van der Waals surface area contributed by atoms with Crippen molar-refractivity contribution in [3.8, 4) is 85.3 Å².